The van der Waals surface area contributed by atoms with Crippen LogP contribution in [0.25, 0.3) is 0 Å². The standard InChI is InChI=1S/C14H17N3O3/c1-14(2,3)16-11(18)7-17-12(19)9-5-4-8(15)6-10(9)13(17)20/h4-6H,7,15H2,1-3H3,(H,16,18). The minimum atomic E-state index is -0.485. The van der Waals surface area contributed by atoms with Crippen LogP contribution >= 0.6 is 0 Å². The van der Waals surface area contributed by atoms with Gasteiger partial charge in [0, 0.05) is 11.2 Å². The summed E-state index contributed by atoms with van der Waals surface area (Å²) in [5.74, 6) is -1.32. The number of nitrogen functional groups attached to an aromatic ring is 1. The Bertz CT molecular complexity index is 602. The molecule has 1 aliphatic rings. The highest BCUT2D eigenvalue weighted by molar-refractivity contribution is 6.22. The molecule has 0 unspecified atom stereocenters. The van der Waals surface area contributed by atoms with Gasteiger partial charge in [0.25, 0.3) is 11.8 Å². The normalized spacial score (nSPS) is 14.4. The van der Waals surface area contributed by atoms with E-state index in [0.717, 1.165) is 4.90 Å². The number of nitrogens with one attached hydrogen (secondary N) is 1. The molecule has 0 saturated carbocycles. The van der Waals surface area contributed by atoms with E-state index in [1.54, 1.807) is 6.07 Å². The minimum Gasteiger partial charge on any atom is -0.399 e. The van der Waals surface area contributed by atoms with Crippen LogP contribution in [0.5, 0.6) is 0 Å². The van der Waals surface area contributed by atoms with Gasteiger partial charge in [-0.25, -0.2) is 0 Å². The second-order valence-corrected chi connectivity index (χ2v) is 5.80. The second kappa shape index (κ2) is 4.63. The first-order chi connectivity index (χ1) is 9.19. The Labute approximate surface area is 116 Å². The highest BCUT2D eigenvalue weighted by Crippen LogP contribution is 2.24. The molecule has 1 heterocycles. The molecule has 0 radical (unpaired) electrons. The molecule has 0 bridgehead atoms. The summed E-state index contributed by atoms with van der Waals surface area (Å²) in [6.45, 7) is 5.19. The number of benzene rings is 1. The van der Waals surface area contributed by atoms with Gasteiger partial charge in [-0.1, -0.05) is 0 Å². The lowest BCUT2D eigenvalue weighted by Gasteiger charge is -2.22. The number of nitrogens with two attached hydrogens (primary N) is 1. The Morgan fingerprint density at radius 3 is 2.40 bits per heavy atom. The van der Waals surface area contributed by atoms with Gasteiger partial charge in [0.2, 0.25) is 5.91 Å². The first-order valence-corrected chi connectivity index (χ1v) is 6.26. The molecule has 0 aromatic heterocycles. The number of carbonyl (C=O) groups is 3. The summed E-state index contributed by atoms with van der Waals surface area (Å²) in [5, 5.41) is 2.72. The highest BCUT2D eigenvalue weighted by Gasteiger charge is 2.36. The summed E-state index contributed by atoms with van der Waals surface area (Å²) in [6.07, 6.45) is 0. The molecular weight excluding hydrogens is 258 g/mol. The molecule has 0 atom stereocenters. The van der Waals surface area contributed by atoms with Crippen molar-refractivity contribution in [2.24, 2.45) is 0 Å². The molecule has 1 aromatic rings. The van der Waals surface area contributed by atoms with Crippen LogP contribution < -0.4 is 11.1 Å². The average molecular weight is 275 g/mol. The van der Waals surface area contributed by atoms with Gasteiger partial charge >= 0.3 is 0 Å². The van der Waals surface area contributed by atoms with E-state index in [2.05, 4.69) is 5.32 Å². The van der Waals surface area contributed by atoms with Crippen LogP contribution in [0.15, 0.2) is 18.2 Å². The van der Waals surface area contributed by atoms with E-state index >= 15 is 0 Å². The lowest BCUT2D eigenvalue weighted by atomic mass is 10.1. The zero-order valence-electron chi connectivity index (χ0n) is 11.7. The van der Waals surface area contributed by atoms with Crippen LogP contribution in [0.3, 0.4) is 0 Å². The number of hydrogen-bond acceptors (Lipinski definition) is 4. The Balaban J connectivity index is 2.19. The number of nitrogens with zero attached hydrogens (tertiary/aromatic N) is 1. The molecule has 20 heavy (non-hydrogen) atoms. The number of rotatable bonds is 2. The fraction of sp³-hybridized carbons (Fsp3) is 0.357. The molecule has 0 aliphatic carbocycles. The van der Waals surface area contributed by atoms with Crippen molar-refractivity contribution in [2.75, 3.05) is 12.3 Å². The Morgan fingerprint density at radius 1 is 1.20 bits per heavy atom. The molecule has 0 saturated heterocycles. The average Bonchev–Trinajstić information content (AvgIpc) is 2.52. The van der Waals surface area contributed by atoms with Crippen molar-refractivity contribution in [2.45, 2.75) is 26.3 Å². The number of imide groups is 1. The molecule has 106 valence electrons. The molecule has 3 amide bonds. The van der Waals surface area contributed by atoms with Crippen molar-refractivity contribution in [1.82, 2.24) is 10.2 Å². The predicted molar refractivity (Wildman–Crippen MR) is 74.1 cm³/mol. The smallest absolute Gasteiger partial charge is 0.262 e. The maximum atomic E-state index is 12.1. The van der Waals surface area contributed by atoms with Gasteiger partial charge in [0.15, 0.2) is 0 Å². The molecule has 6 nitrogen and oxygen atoms in total. The zero-order chi connectivity index (χ0) is 15.1. The van der Waals surface area contributed by atoms with Crippen LogP contribution in [-0.4, -0.2) is 34.7 Å². The van der Waals surface area contributed by atoms with Crippen LogP contribution in [-0.2, 0) is 4.79 Å². The van der Waals surface area contributed by atoms with Crippen molar-refractivity contribution in [3.05, 3.63) is 29.3 Å². The number of hydrogen-bond donors (Lipinski definition) is 2. The molecule has 1 aliphatic heterocycles. The quantitative estimate of drug-likeness (QED) is 0.616. The Hall–Kier alpha value is -2.37. The van der Waals surface area contributed by atoms with Crippen LogP contribution in [0.2, 0.25) is 0 Å². The van der Waals surface area contributed by atoms with E-state index in [4.69, 9.17) is 5.73 Å². The predicted octanol–water partition coefficient (Wildman–Crippen LogP) is 0.779. The third kappa shape index (κ3) is 2.64. The van der Waals surface area contributed by atoms with Gasteiger partial charge < -0.3 is 11.1 Å². The number of anilines is 1. The van der Waals surface area contributed by atoms with Crippen molar-refractivity contribution in [1.29, 1.82) is 0 Å². The van der Waals surface area contributed by atoms with Gasteiger partial charge in [-0.3, -0.25) is 19.3 Å². The SMILES string of the molecule is CC(C)(C)NC(=O)CN1C(=O)c2ccc(N)cc2C1=O. The Morgan fingerprint density at radius 2 is 1.80 bits per heavy atom. The Kier molecular flexibility index (Phi) is 3.25. The molecule has 6 heteroatoms. The van der Waals surface area contributed by atoms with Crippen LogP contribution in [0, 0.1) is 0 Å². The van der Waals surface area contributed by atoms with Gasteiger partial charge in [-0.05, 0) is 39.0 Å². The van der Waals surface area contributed by atoms with E-state index in [-0.39, 0.29) is 23.6 Å². The van der Waals surface area contributed by atoms with Gasteiger partial charge in [0.05, 0.1) is 11.1 Å². The lowest BCUT2D eigenvalue weighted by Crippen LogP contribution is -2.47. The summed E-state index contributed by atoms with van der Waals surface area (Å²) >= 11 is 0. The van der Waals surface area contributed by atoms with Gasteiger partial charge in [-0.2, -0.15) is 0 Å². The summed E-state index contributed by atoms with van der Waals surface area (Å²) in [7, 11) is 0. The van der Waals surface area contributed by atoms with Gasteiger partial charge in [-0.15, -0.1) is 0 Å². The number of amides is 3. The fourth-order valence-electron chi connectivity index (χ4n) is 2.05. The summed E-state index contributed by atoms with van der Waals surface area (Å²) in [6, 6.07) is 4.52. The summed E-state index contributed by atoms with van der Waals surface area (Å²) < 4.78 is 0. The fourth-order valence-corrected chi connectivity index (χ4v) is 2.05. The molecule has 0 spiro atoms. The van der Waals surface area contributed by atoms with Crippen molar-refractivity contribution >= 4 is 23.4 Å². The first-order valence-electron chi connectivity index (χ1n) is 6.26. The third-order valence-electron chi connectivity index (χ3n) is 2.81. The maximum absolute atomic E-state index is 12.1. The van der Waals surface area contributed by atoms with Crippen LogP contribution in [0.4, 0.5) is 5.69 Å². The second-order valence-electron chi connectivity index (χ2n) is 5.80. The van der Waals surface area contributed by atoms with E-state index in [1.807, 2.05) is 20.8 Å². The number of fused-ring (bicyclic) bond motifs is 1. The highest BCUT2D eigenvalue weighted by atomic mass is 16.2. The van der Waals surface area contributed by atoms with Crippen LogP contribution in [0.1, 0.15) is 41.5 Å². The molecular formula is C14H17N3O3. The molecule has 0 fully saturated rings. The monoisotopic (exact) mass is 275 g/mol. The van der Waals surface area contributed by atoms with E-state index in [1.165, 1.54) is 12.1 Å². The largest absolute Gasteiger partial charge is 0.399 e. The molecule has 3 N–H and O–H groups in total. The maximum Gasteiger partial charge on any atom is 0.262 e. The van der Waals surface area contributed by atoms with Crippen molar-refractivity contribution in [3.63, 3.8) is 0 Å². The van der Waals surface area contributed by atoms with E-state index < -0.39 is 17.4 Å². The van der Waals surface area contributed by atoms with Crippen molar-refractivity contribution < 1.29 is 14.4 Å². The summed E-state index contributed by atoms with van der Waals surface area (Å²) in [5.41, 5.74) is 6.13. The van der Waals surface area contributed by atoms with Crippen molar-refractivity contribution in [3.8, 4) is 0 Å². The topological polar surface area (TPSA) is 92.5 Å². The zero-order valence-corrected chi connectivity index (χ0v) is 11.7. The minimum absolute atomic E-state index is 0.249. The number of carbonyl (C=O) groups excluding carboxylic acids is 3. The third-order valence-corrected chi connectivity index (χ3v) is 2.81. The summed E-state index contributed by atoms with van der Waals surface area (Å²) in [4.78, 5) is 37.0. The van der Waals surface area contributed by atoms with E-state index in [0.29, 0.717) is 5.69 Å². The first kappa shape index (κ1) is 14.0. The molecule has 1 aromatic carbocycles. The lowest BCUT2D eigenvalue weighted by molar-refractivity contribution is -0.122. The van der Waals surface area contributed by atoms with Gasteiger partial charge in [0.1, 0.15) is 6.54 Å². The molecule has 2 rings (SSSR count). The van der Waals surface area contributed by atoms with E-state index in [9.17, 15) is 14.4 Å².